The summed E-state index contributed by atoms with van der Waals surface area (Å²) < 4.78 is 6.12. The molecule has 3 rings (SSSR count). The molecule has 0 saturated carbocycles. The van der Waals surface area contributed by atoms with E-state index in [0.717, 1.165) is 31.1 Å². The topological polar surface area (TPSA) is 21.3 Å². The van der Waals surface area contributed by atoms with Gasteiger partial charge in [-0.1, -0.05) is 23.7 Å². The molecule has 0 amide bonds. The third kappa shape index (κ3) is 2.71. The molecular formula is C15H20ClNO. The summed E-state index contributed by atoms with van der Waals surface area (Å²) in [6, 6.07) is 8.21. The molecule has 1 spiro atoms. The Kier molecular flexibility index (Phi) is 3.60. The first-order valence-electron chi connectivity index (χ1n) is 6.85. The van der Waals surface area contributed by atoms with E-state index in [4.69, 9.17) is 16.3 Å². The van der Waals surface area contributed by atoms with Gasteiger partial charge >= 0.3 is 0 Å². The Morgan fingerprint density at radius 3 is 2.94 bits per heavy atom. The van der Waals surface area contributed by atoms with Crippen LogP contribution in [0, 0.1) is 5.92 Å². The lowest BCUT2D eigenvalue weighted by atomic mass is 9.84. The van der Waals surface area contributed by atoms with Crippen molar-refractivity contribution in [1.82, 2.24) is 5.32 Å². The minimum atomic E-state index is 0.175. The Balaban J connectivity index is 1.62. The lowest BCUT2D eigenvalue weighted by molar-refractivity contribution is -0.0196. The average Bonchev–Trinajstić information content (AvgIpc) is 2.73. The number of halogens is 1. The van der Waals surface area contributed by atoms with Gasteiger partial charge in [-0.15, -0.1) is 0 Å². The summed E-state index contributed by atoms with van der Waals surface area (Å²) in [5.41, 5.74) is 1.51. The van der Waals surface area contributed by atoms with Crippen molar-refractivity contribution < 1.29 is 4.74 Å². The summed E-state index contributed by atoms with van der Waals surface area (Å²) in [5, 5.41) is 4.25. The summed E-state index contributed by atoms with van der Waals surface area (Å²) >= 11 is 6.03. The highest BCUT2D eigenvalue weighted by Gasteiger charge is 2.40. The van der Waals surface area contributed by atoms with Crippen LogP contribution in [0.4, 0.5) is 0 Å². The van der Waals surface area contributed by atoms with E-state index in [0.29, 0.717) is 5.92 Å². The Hall–Kier alpha value is -0.570. The molecule has 2 saturated heterocycles. The largest absolute Gasteiger partial charge is 0.375 e. The molecule has 3 heteroatoms. The highest BCUT2D eigenvalue weighted by Crippen LogP contribution is 2.38. The molecule has 2 heterocycles. The van der Waals surface area contributed by atoms with E-state index in [1.807, 2.05) is 12.1 Å². The third-order valence-electron chi connectivity index (χ3n) is 4.21. The van der Waals surface area contributed by atoms with E-state index in [9.17, 15) is 0 Å². The summed E-state index contributed by atoms with van der Waals surface area (Å²) in [6.45, 7) is 3.11. The molecule has 1 unspecified atom stereocenters. The number of hydrogen-bond donors (Lipinski definition) is 1. The fourth-order valence-electron chi connectivity index (χ4n) is 3.30. The van der Waals surface area contributed by atoms with E-state index in [-0.39, 0.29) is 5.60 Å². The van der Waals surface area contributed by atoms with Gasteiger partial charge in [0.1, 0.15) is 0 Å². The molecule has 1 aromatic rings. The van der Waals surface area contributed by atoms with Gasteiger partial charge in [0.25, 0.3) is 0 Å². The van der Waals surface area contributed by atoms with Gasteiger partial charge in [-0.2, -0.15) is 0 Å². The van der Waals surface area contributed by atoms with Crippen LogP contribution in [-0.4, -0.2) is 25.3 Å². The molecule has 1 N–H and O–H groups in total. The number of benzene rings is 1. The predicted molar refractivity (Wildman–Crippen MR) is 74.0 cm³/mol. The zero-order chi connectivity index (χ0) is 12.4. The SMILES string of the molecule is Clc1cccc(CC2COC3(CCNCC3)C2)c1. The van der Waals surface area contributed by atoms with E-state index in [2.05, 4.69) is 17.4 Å². The summed E-state index contributed by atoms with van der Waals surface area (Å²) in [5.74, 6) is 0.654. The molecule has 1 aromatic carbocycles. The van der Waals surface area contributed by atoms with Crippen molar-refractivity contribution in [2.45, 2.75) is 31.3 Å². The maximum absolute atomic E-state index is 6.12. The van der Waals surface area contributed by atoms with E-state index in [1.165, 1.54) is 24.8 Å². The van der Waals surface area contributed by atoms with Crippen LogP contribution in [0.25, 0.3) is 0 Å². The first kappa shape index (κ1) is 12.5. The highest BCUT2D eigenvalue weighted by atomic mass is 35.5. The van der Waals surface area contributed by atoms with E-state index in [1.54, 1.807) is 0 Å². The molecular weight excluding hydrogens is 246 g/mol. The number of rotatable bonds is 2. The Morgan fingerprint density at radius 1 is 1.33 bits per heavy atom. The lowest BCUT2D eigenvalue weighted by Gasteiger charge is -2.33. The molecule has 0 aromatic heterocycles. The van der Waals surface area contributed by atoms with Crippen LogP contribution in [0.1, 0.15) is 24.8 Å². The molecule has 2 fully saturated rings. The standard InChI is InChI=1S/C15H20ClNO/c16-14-3-1-2-12(9-14)8-13-10-15(18-11-13)4-6-17-7-5-15/h1-3,9,13,17H,4-8,10-11H2. The van der Waals surface area contributed by atoms with Gasteiger partial charge in [0, 0.05) is 5.02 Å². The van der Waals surface area contributed by atoms with Gasteiger partial charge in [-0.25, -0.2) is 0 Å². The smallest absolute Gasteiger partial charge is 0.0710 e. The van der Waals surface area contributed by atoms with E-state index >= 15 is 0 Å². The summed E-state index contributed by atoms with van der Waals surface area (Å²) in [4.78, 5) is 0. The van der Waals surface area contributed by atoms with Gasteiger partial charge in [-0.3, -0.25) is 0 Å². The van der Waals surface area contributed by atoms with Crippen LogP contribution < -0.4 is 5.32 Å². The molecule has 0 radical (unpaired) electrons. The maximum atomic E-state index is 6.12. The highest BCUT2D eigenvalue weighted by molar-refractivity contribution is 6.30. The van der Waals surface area contributed by atoms with Crippen molar-refractivity contribution in [1.29, 1.82) is 0 Å². The molecule has 2 nitrogen and oxygen atoms in total. The summed E-state index contributed by atoms with van der Waals surface area (Å²) in [7, 11) is 0. The monoisotopic (exact) mass is 265 g/mol. The Labute approximate surface area is 114 Å². The van der Waals surface area contributed by atoms with Crippen LogP contribution >= 0.6 is 11.6 Å². The fourth-order valence-corrected chi connectivity index (χ4v) is 3.51. The van der Waals surface area contributed by atoms with Crippen molar-refractivity contribution in [2.75, 3.05) is 19.7 Å². The minimum Gasteiger partial charge on any atom is -0.375 e. The van der Waals surface area contributed by atoms with Crippen LogP contribution in [0.15, 0.2) is 24.3 Å². The number of nitrogens with one attached hydrogen (secondary N) is 1. The van der Waals surface area contributed by atoms with Crippen molar-refractivity contribution in [3.05, 3.63) is 34.9 Å². The van der Waals surface area contributed by atoms with E-state index < -0.39 is 0 Å². The normalized spacial score (nSPS) is 26.6. The average molecular weight is 266 g/mol. The van der Waals surface area contributed by atoms with Crippen LogP contribution in [0.3, 0.4) is 0 Å². The molecule has 98 valence electrons. The first-order chi connectivity index (χ1) is 8.76. The molecule has 2 aliphatic rings. The molecule has 1 atom stereocenters. The van der Waals surface area contributed by atoms with Crippen molar-refractivity contribution in [2.24, 2.45) is 5.92 Å². The fraction of sp³-hybridized carbons (Fsp3) is 0.600. The second-order valence-electron chi connectivity index (χ2n) is 5.65. The predicted octanol–water partition coefficient (Wildman–Crippen LogP) is 3.04. The van der Waals surface area contributed by atoms with Crippen molar-refractivity contribution in [3.8, 4) is 0 Å². The maximum Gasteiger partial charge on any atom is 0.0710 e. The molecule has 2 aliphatic heterocycles. The van der Waals surface area contributed by atoms with Gasteiger partial charge < -0.3 is 10.1 Å². The Bertz CT molecular complexity index is 415. The number of hydrogen-bond acceptors (Lipinski definition) is 2. The van der Waals surface area contributed by atoms with Gasteiger partial charge in [0.2, 0.25) is 0 Å². The molecule has 18 heavy (non-hydrogen) atoms. The first-order valence-corrected chi connectivity index (χ1v) is 7.23. The van der Waals surface area contributed by atoms with Crippen molar-refractivity contribution >= 4 is 11.6 Å². The number of piperidine rings is 1. The number of ether oxygens (including phenoxy) is 1. The van der Waals surface area contributed by atoms with Crippen molar-refractivity contribution in [3.63, 3.8) is 0 Å². The van der Waals surface area contributed by atoms with Gasteiger partial charge in [0.05, 0.1) is 12.2 Å². The Morgan fingerprint density at radius 2 is 2.17 bits per heavy atom. The second-order valence-corrected chi connectivity index (χ2v) is 6.08. The lowest BCUT2D eigenvalue weighted by Crippen LogP contribution is -2.41. The van der Waals surface area contributed by atoms with Crippen LogP contribution in [0.5, 0.6) is 0 Å². The quantitative estimate of drug-likeness (QED) is 0.888. The zero-order valence-electron chi connectivity index (χ0n) is 10.6. The van der Waals surface area contributed by atoms with Crippen LogP contribution in [0.2, 0.25) is 5.02 Å². The third-order valence-corrected chi connectivity index (χ3v) is 4.45. The minimum absolute atomic E-state index is 0.175. The zero-order valence-corrected chi connectivity index (χ0v) is 11.4. The molecule has 0 bridgehead atoms. The van der Waals surface area contributed by atoms with Gasteiger partial charge in [0.15, 0.2) is 0 Å². The van der Waals surface area contributed by atoms with Crippen LogP contribution in [-0.2, 0) is 11.2 Å². The second kappa shape index (κ2) is 5.20. The summed E-state index contributed by atoms with van der Waals surface area (Å²) in [6.07, 6.45) is 4.63. The molecule has 0 aliphatic carbocycles. The van der Waals surface area contributed by atoms with Gasteiger partial charge in [-0.05, 0) is 62.4 Å².